The summed E-state index contributed by atoms with van der Waals surface area (Å²) in [5, 5.41) is 5.07. The average molecular weight is 393 g/mol. The van der Waals surface area contributed by atoms with Gasteiger partial charge in [0, 0.05) is 12.1 Å². The van der Waals surface area contributed by atoms with Gasteiger partial charge in [0.15, 0.2) is 11.0 Å². The highest BCUT2D eigenvalue weighted by Gasteiger charge is 2.16. The zero-order valence-electron chi connectivity index (χ0n) is 15.6. The Balaban J connectivity index is 1.77. The molecule has 0 radical (unpaired) electrons. The summed E-state index contributed by atoms with van der Waals surface area (Å²) in [5.41, 5.74) is 1.33. The van der Waals surface area contributed by atoms with E-state index in [-0.39, 0.29) is 5.56 Å². The van der Waals surface area contributed by atoms with Gasteiger partial charge in [0.1, 0.15) is 5.82 Å². The first kappa shape index (κ1) is 18.4. The number of aromatic nitrogens is 5. The van der Waals surface area contributed by atoms with Crippen molar-refractivity contribution in [1.82, 2.24) is 24.7 Å². The van der Waals surface area contributed by atoms with Crippen LogP contribution in [-0.2, 0) is 12.2 Å². The zero-order chi connectivity index (χ0) is 19.5. The molecule has 0 amide bonds. The minimum absolute atomic E-state index is 0.150. The van der Waals surface area contributed by atoms with E-state index < -0.39 is 0 Å². The molecule has 0 fully saturated rings. The first-order valence-corrected chi connectivity index (χ1v) is 10.0. The molecule has 4 aromatic rings. The highest BCUT2D eigenvalue weighted by Crippen LogP contribution is 2.23. The molecule has 0 aliphatic carbocycles. The van der Waals surface area contributed by atoms with Crippen LogP contribution in [0.1, 0.15) is 30.8 Å². The summed E-state index contributed by atoms with van der Waals surface area (Å²) in [7, 11) is 0. The van der Waals surface area contributed by atoms with Crippen molar-refractivity contribution >= 4 is 22.7 Å². The second kappa shape index (κ2) is 7.93. The van der Waals surface area contributed by atoms with Crippen molar-refractivity contribution in [3.05, 3.63) is 70.2 Å². The molecule has 0 spiro atoms. The molecule has 0 atom stereocenters. The maximum Gasteiger partial charge on any atom is 0.267 e. The summed E-state index contributed by atoms with van der Waals surface area (Å²) in [6.45, 7) is 3.96. The third kappa shape index (κ3) is 3.68. The Bertz CT molecular complexity index is 1180. The number of benzene rings is 1. The van der Waals surface area contributed by atoms with Gasteiger partial charge < -0.3 is 4.52 Å². The molecule has 0 bridgehead atoms. The summed E-state index contributed by atoms with van der Waals surface area (Å²) in [6, 6.07) is 12.9. The van der Waals surface area contributed by atoms with E-state index in [9.17, 15) is 4.79 Å². The molecule has 0 aliphatic rings. The molecule has 0 N–H and O–H groups in total. The summed E-state index contributed by atoms with van der Waals surface area (Å²) in [5.74, 6) is 2.18. The van der Waals surface area contributed by atoms with E-state index in [0.29, 0.717) is 39.3 Å². The topological polar surface area (TPSA) is 86.7 Å². The second-order valence-electron chi connectivity index (χ2n) is 6.33. The number of thioether (sulfide) groups is 1. The normalized spacial score (nSPS) is 11.2. The van der Waals surface area contributed by atoms with Crippen molar-refractivity contribution in [3.63, 3.8) is 0 Å². The number of para-hydroxylation sites is 1. The SMILES string of the molecule is CCCc1noc(CSc2nc3ccccc3c(=O)n2-c2cccc(C)n2)n1. The Morgan fingerprint density at radius 2 is 1.93 bits per heavy atom. The smallest absolute Gasteiger partial charge is 0.267 e. The number of pyridine rings is 1. The number of hydrogen-bond acceptors (Lipinski definition) is 7. The van der Waals surface area contributed by atoms with Crippen LogP contribution in [0.5, 0.6) is 0 Å². The third-order valence-corrected chi connectivity index (χ3v) is 5.08. The van der Waals surface area contributed by atoms with Gasteiger partial charge in [-0.05, 0) is 37.6 Å². The van der Waals surface area contributed by atoms with Crippen LogP contribution in [0, 0.1) is 6.92 Å². The van der Waals surface area contributed by atoms with Crippen LogP contribution in [-0.4, -0.2) is 24.7 Å². The molecular formula is C20H19N5O2S. The molecule has 8 heteroatoms. The quantitative estimate of drug-likeness (QED) is 0.364. The van der Waals surface area contributed by atoms with E-state index in [1.54, 1.807) is 16.7 Å². The van der Waals surface area contributed by atoms with Crippen molar-refractivity contribution in [3.8, 4) is 5.82 Å². The molecule has 0 saturated carbocycles. The van der Waals surface area contributed by atoms with Crippen LogP contribution in [0.4, 0.5) is 0 Å². The van der Waals surface area contributed by atoms with Gasteiger partial charge in [-0.15, -0.1) is 0 Å². The van der Waals surface area contributed by atoms with E-state index in [2.05, 4.69) is 22.0 Å². The fourth-order valence-corrected chi connectivity index (χ4v) is 3.70. The highest BCUT2D eigenvalue weighted by molar-refractivity contribution is 7.98. The molecule has 0 saturated heterocycles. The lowest BCUT2D eigenvalue weighted by Crippen LogP contribution is -2.22. The van der Waals surface area contributed by atoms with Crippen LogP contribution in [0.2, 0.25) is 0 Å². The van der Waals surface area contributed by atoms with Crippen molar-refractivity contribution in [1.29, 1.82) is 0 Å². The Morgan fingerprint density at radius 1 is 1.07 bits per heavy atom. The maximum absolute atomic E-state index is 13.2. The summed E-state index contributed by atoms with van der Waals surface area (Å²) in [4.78, 5) is 26.8. The first-order valence-electron chi connectivity index (χ1n) is 9.06. The van der Waals surface area contributed by atoms with Gasteiger partial charge in [-0.1, -0.05) is 42.0 Å². The zero-order valence-corrected chi connectivity index (χ0v) is 16.4. The number of hydrogen-bond donors (Lipinski definition) is 0. The fourth-order valence-electron chi connectivity index (χ4n) is 2.86. The van der Waals surface area contributed by atoms with Gasteiger partial charge in [-0.2, -0.15) is 4.98 Å². The van der Waals surface area contributed by atoms with Gasteiger partial charge in [0.05, 0.1) is 16.7 Å². The second-order valence-corrected chi connectivity index (χ2v) is 7.27. The molecule has 3 aromatic heterocycles. The Hall–Kier alpha value is -3.00. The Kier molecular flexibility index (Phi) is 5.21. The molecule has 3 heterocycles. The first-order chi connectivity index (χ1) is 13.7. The standard InChI is InChI=1S/C20H19N5O2S/c1-3-7-16-23-18(27-24-16)12-28-20-22-15-10-5-4-9-14(15)19(26)25(20)17-11-6-8-13(2)21-17/h4-6,8-11H,3,7,12H2,1-2H3. The average Bonchev–Trinajstić information content (AvgIpc) is 3.14. The molecule has 28 heavy (non-hydrogen) atoms. The van der Waals surface area contributed by atoms with Crippen LogP contribution in [0.3, 0.4) is 0 Å². The number of aryl methyl sites for hydroxylation is 2. The predicted octanol–water partition coefficient (Wildman–Crippen LogP) is 3.72. The largest absolute Gasteiger partial charge is 0.338 e. The minimum Gasteiger partial charge on any atom is -0.338 e. The van der Waals surface area contributed by atoms with E-state index >= 15 is 0 Å². The van der Waals surface area contributed by atoms with Gasteiger partial charge in [-0.25, -0.2) is 14.5 Å². The molecule has 4 rings (SSSR count). The van der Waals surface area contributed by atoms with E-state index in [1.807, 2.05) is 37.3 Å². The van der Waals surface area contributed by atoms with E-state index in [1.165, 1.54) is 11.8 Å². The Morgan fingerprint density at radius 3 is 2.75 bits per heavy atom. The van der Waals surface area contributed by atoms with Gasteiger partial charge in [-0.3, -0.25) is 4.79 Å². The highest BCUT2D eigenvalue weighted by atomic mass is 32.2. The lowest BCUT2D eigenvalue weighted by Gasteiger charge is -2.12. The van der Waals surface area contributed by atoms with E-state index in [0.717, 1.165) is 18.5 Å². The molecule has 0 aliphatic heterocycles. The predicted molar refractivity (Wildman–Crippen MR) is 108 cm³/mol. The molecule has 142 valence electrons. The van der Waals surface area contributed by atoms with Crippen LogP contribution in [0.15, 0.2) is 56.9 Å². The third-order valence-electron chi connectivity index (χ3n) is 4.16. The van der Waals surface area contributed by atoms with Crippen LogP contribution < -0.4 is 5.56 Å². The summed E-state index contributed by atoms with van der Waals surface area (Å²) in [6.07, 6.45) is 1.73. The number of nitrogens with zero attached hydrogens (tertiary/aromatic N) is 5. The maximum atomic E-state index is 13.2. The van der Waals surface area contributed by atoms with Crippen molar-refractivity contribution < 1.29 is 4.52 Å². The molecule has 7 nitrogen and oxygen atoms in total. The van der Waals surface area contributed by atoms with Gasteiger partial charge in [0.25, 0.3) is 5.56 Å². The van der Waals surface area contributed by atoms with Crippen LogP contribution >= 0.6 is 11.8 Å². The van der Waals surface area contributed by atoms with Crippen molar-refractivity contribution in [2.24, 2.45) is 0 Å². The summed E-state index contributed by atoms with van der Waals surface area (Å²) < 4.78 is 6.85. The minimum atomic E-state index is -0.150. The van der Waals surface area contributed by atoms with Gasteiger partial charge in [0.2, 0.25) is 5.89 Å². The van der Waals surface area contributed by atoms with E-state index in [4.69, 9.17) is 9.51 Å². The molecule has 0 unspecified atom stereocenters. The monoisotopic (exact) mass is 393 g/mol. The molecule has 1 aromatic carbocycles. The Labute approximate surface area is 165 Å². The lowest BCUT2D eigenvalue weighted by molar-refractivity contribution is 0.384. The summed E-state index contributed by atoms with van der Waals surface area (Å²) >= 11 is 1.38. The van der Waals surface area contributed by atoms with Crippen molar-refractivity contribution in [2.75, 3.05) is 0 Å². The molecular weight excluding hydrogens is 374 g/mol. The van der Waals surface area contributed by atoms with Gasteiger partial charge >= 0.3 is 0 Å². The number of rotatable bonds is 6. The fraction of sp³-hybridized carbons (Fsp3) is 0.250. The number of fused-ring (bicyclic) bond motifs is 1. The van der Waals surface area contributed by atoms with Crippen molar-refractivity contribution in [2.45, 2.75) is 37.6 Å². The van der Waals surface area contributed by atoms with Crippen LogP contribution in [0.25, 0.3) is 16.7 Å². The lowest BCUT2D eigenvalue weighted by atomic mass is 10.2.